The van der Waals surface area contributed by atoms with Gasteiger partial charge in [0, 0.05) is 12.2 Å². The van der Waals surface area contributed by atoms with Crippen LogP contribution in [0.4, 0.5) is 5.95 Å². The number of ether oxygens (including phenoxy) is 1. The van der Waals surface area contributed by atoms with Crippen LogP contribution in [0.1, 0.15) is 25.5 Å². The van der Waals surface area contributed by atoms with Crippen molar-refractivity contribution in [1.29, 1.82) is 0 Å². The van der Waals surface area contributed by atoms with Gasteiger partial charge in [0.05, 0.1) is 16.8 Å². The first kappa shape index (κ1) is 18.0. The highest BCUT2D eigenvalue weighted by Gasteiger charge is 2.22. The molecule has 0 bridgehead atoms. The second kappa shape index (κ2) is 7.13. The molecule has 2 N–H and O–H groups in total. The summed E-state index contributed by atoms with van der Waals surface area (Å²) >= 11 is 0. The summed E-state index contributed by atoms with van der Waals surface area (Å²) in [6, 6.07) is 16.0. The third-order valence-corrected chi connectivity index (χ3v) is 5.69. The van der Waals surface area contributed by atoms with Gasteiger partial charge in [-0.1, -0.05) is 41.6 Å². The van der Waals surface area contributed by atoms with Crippen LogP contribution in [0, 0.1) is 0 Å². The third-order valence-electron chi connectivity index (χ3n) is 5.69. The monoisotopic (exact) mass is 412 g/mol. The molecule has 0 aliphatic carbocycles. The highest BCUT2D eigenvalue weighted by molar-refractivity contribution is 5.93. The zero-order valence-electron chi connectivity index (χ0n) is 16.7. The Kier molecular flexibility index (Phi) is 4.13. The predicted molar refractivity (Wildman–Crippen MR) is 116 cm³/mol. The highest BCUT2D eigenvalue weighted by Crippen LogP contribution is 2.36. The number of fused-ring (bicyclic) bond motifs is 2. The fraction of sp³-hybridized carbons (Fsp3) is 0.227. The Balaban J connectivity index is 1.59. The topological polar surface area (TPSA) is 109 Å². The van der Waals surface area contributed by atoms with Crippen molar-refractivity contribution < 1.29 is 4.74 Å². The van der Waals surface area contributed by atoms with Crippen molar-refractivity contribution in [2.75, 3.05) is 12.3 Å². The van der Waals surface area contributed by atoms with E-state index in [1.54, 1.807) is 4.52 Å². The van der Waals surface area contributed by atoms with Gasteiger partial charge in [-0.2, -0.15) is 9.61 Å². The molecule has 6 rings (SSSR count). The molecule has 1 fully saturated rings. The van der Waals surface area contributed by atoms with Crippen molar-refractivity contribution in [3.05, 3.63) is 54.9 Å². The van der Waals surface area contributed by atoms with E-state index in [4.69, 9.17) is 10.5 Å². The Hall–Kier alpha value is -3.85. The van der Waals surface area contributed by atoms with Crippen molar-refractivity contribution in [2.24, 2.45) is 0 Å². The van der Waals surface area contributed by atoms with Crippen molar-refractivity contribution in [1.82, 2.24) is 34.6 Å². The minimum atomic E-state index is -0.0970. The van der Waals surface area contributed by atoms with Gasteiger partial charge in [-0.05, 0) is 37.0 Å². The molecule has 0 saturated carbocycles. The summed E-state index contributed by atoms with van der Waals surface area (Å²) in [6.07, 6.45) is 4.52. The summed E-state index contributed by atoms with van der Waals surface area (Å²) in [5, 5.41) is 13.0. The van der Waals surface area contributed by atoms with Crippen LogP contribution >= 0.6 is 0 Å². The van der Waals surface area contributed by atoms with Gasteiger partial charge in [-0.15, -0.1) is 5.10 Å². The van der Waals surface area contributed by atoms with Crippen molar-refractivity contribution >= 4 is 22.6 Å². The fourth-order valence-electron chi connectivity index (χ4n) is 4.19. The van der Waals surface area contributed by atoms with Gasteiger partial charge in [0.25, 0.3) is 0 Å². The quantitative estimate of drug-likeness (QED) is 0.483. The maximum absolute atomic E-state index is 6.19. The van der Waals surface area contributed by atoms with Gasteiger partial charge in [0.15, 0.2) is 11.9 Å². The van der Waals surface area contributed by atoms with Gasteiger partial charge in [0.2, 0.25) is 5.95 Å². The van der Waals surface area contributed by atoms with Crippen molar-refractivity contribution in [3.8, 4) is 22.4 Å². The first-order chi connectivity index (χ1) is 15.3. The molecule has 2 aromatic carbocycles. The predicted octanol–water partition coefficient (Wildman–Crippen LogP) is 3.48. The van der Waals surface area contributed by atoms with Crippen LogP contribution in [0.15, 0.2) is 54.9 Å². The van der Waals surface area contributed by atoms with E-state index in [2.05, 4.69) is 31.4 Å². The molecule has 1 saturated heterocycles. The third kappa shape index (κ3) is 2.93. The number of benzene rings is 2. The molecule has 9 nitrogen and oxygen atoms in total. The Morgan fingerprint density at radius 2 is 1.94 bits per heavy atom. The van der Waals surface area contributed by atoms with Gasteiger partial charge >= 0.3 is 0 Å². The van der Waals surface area contributed by atoms with Crippen LogP contribution in [-0.4, -0.2) is 41.2 Å². The molecule has 3 aromatic heterocycles. The molecule has 0 radical (unpaired) electrons. The lowest BCUT2D eigenvalue weighted by Crippen LogP contribution is -2.19. The number of hydrogen-bond acceptors (Lipinski definition) is 7. The maximum Gasteiger partial charge on any atom is 0.223 e. The molecule has 1 aliphatic heterocycles. The average molecular weight is 412 g/mol. The van der Waals surface area contributed by atoms with Gasteiger partial charge < -0.3 is 10.5 Å². The van der Waals surface area contributed by atoms with Gasteiger partial charge in [-0.3, -0.25) is 0 Å². The summed E-state index contributed by atoms with van der Waals surface area (Å²) in [5.41, 5.74) is 12.1. The maximum atomic E-state index is 6.19. The summed E-state index contributed by atoms with van der Waals surface area (Å²) in [6.45, 7) is 0.742. The lowest BCUT2D eigenvalue weighted by atomic mass is 9.99. The van der Waals surface area contributed by atoms with E-state index in [0.29, 0.717) is 11.6 Å². The van der Waals surface area contributed by atoms with E-state index in [1.165, 1.54) is 6.33 Å². The fourth-order valence-corrected chi connectivity index (χ4v) is 4.19. The Labute approximate surface area is 177 Å². The minimum Gasteiger partial charge on any atom is -0.368 e. The molecular weight excluding hydrogens is 392 g/mol. The van der Waals surface area contributed by atoms with E-state index < -0.39 is 0 Å². The number of anilines is 1. The lowest BCUT2D eigenvalue weighted by molar-refractivity contribution is -0.0377. The van der Waals surface area contributed by atoms with Crippen LogP contribution in [0.3, 0.4) is 0 Å². The first-order valence-electron chi connectivity index (χ1n) is 10.3. The molecule has 5 aromatic rings. The van der Waals surface area contributed by atoms with Crippen LogP contribution < -0.4 is 5.73 Å². The molecule has 154 valence electrons. The summed E-state index contributed by atoms with van der Waals surface area (Å²) in [5.74, 6) is 0.290. The number of nitrogen functional groups attached to an aromatic ring is 1. The molecule has 9 heteroatoms. The molecule has 31 heavy (non-hydrogen) atoms. The largest absolute Gasteiger partial charge is 0.368 e. The molecule has 1 atom stereocenters. The standard InChI is InChI=1S/C22H20N8O/c23-22-26-20(14-6-2-1-3-7-14)19(21-24-13-25-30(21)22)15-9-10-16-17(12-15)29(28-27-16)18-8-4-5-11-31-18/h1-3,6-7,9-10,12-13,18H,4-5,8,11H2,(H2,23,26). The lowest BCUT2D eigenvalue weighted by Gasteiger charge is -2.22. The van der Waals surface area contributed by atoms with E-state index >= 15 is 0 Å². The van der Waals surface area contributed by atoms with Crippen molar-refractivity contribution in [2.45, 2.75) is 25.5 Å². The number of nitrogens with two attached hydrogens (primary N) is 1. The smallest absolute Gasteiger partial charge is 0.223 e. The summed E-state index contributed by atoms with van der Waals surface area (Å²) in [7, 11) is 0. The first-order valence-corrected chi connectivity index (χ1v) is 10.3. The number of rotatable bonds is 3. The second-order valence-corrected chi connectivity index (χ2v) is 7.61. The van der Waals surface area contributed by atoms with Crippen LogP contribution in [0.5, 0.6) is 0 Å². The molecule has 0 spiro atoms. The Bertz CT molecular complexity index is 1390. The molecule has 1 unspecified atom stereocenters. The molecule has 1 aliphatic rings. The highest BCUT2D eigenvalue weighted by atomic mass is 16.5. The SMILES string of the molecule is Nc1nc(-c2ccccc2)c(-c2ccc3nnn(C4CCCCO4)c3c2)c2ncnn12. The number of aromatic nitrogens is 7. The van der Waals surface area contributed by atoms with Gasteiger partial charge in [-0.25, -0.2) is 14.6 Å². The second-order valence-electron chi connectivity index (χ2n) is 7.61. The van der Waals surface area contributed by atoms with E-state index in [-0.39, 0.29) is 6.23 Å². The zero-order chi connectivity index (χ0) is 20.8. The summed E-state index contributed by atoms with van der Waals surface area (Å²) < 4.78 is 9.39. The molecule has 0 amide bonds. The van der Waals surface area contributed by atoms with E-state index in [1.807, 2.05) is 47.1 Å². The zero-order valence-corrected chi connectivity index (χ0v) is 16.7. The minimum absolute atomic E-state index is 0.0970. The number of nitrogens with zero attached hydrogens (tertiary/aromatic N) is 7. The summed E-state index contributed by atoms with van der Waals surface area (Å²) in [4.78, 5) is 9.17. The van der Waals surface area contributed by atoms with Crippen LogP contribution in [-0.2, 0) is 4.74 Å². The molecule has 4 heterocycles. The number of hydrogen-bond donors (Lipinski definition) is 1. The normalized spacial score (nSPS) is 16.8. The van der Waals surface area contributed by atoms with Crippen LogP contribution in [0.2, 0.25) is 0 Å². The van der Waals surface area contributed by atoms with Crippen molar-refractivity contribution in [3.63, 3.8) is 0 Å². The Morgan fingerprint density at radius 3 is 2.77 bits per heavy atom. The molecular formula is C22H20N8O. The van der Waals surface area contributed by atoms with Crippen LogP contribution in [0.25, 0.3) is 39.1 Å². The van der Waals surface area contributed by atoms with Gasteiger partial charge in [0.1, 0.15) is 11.8 Å². The van der Waals surface area contributed by atoms with E-state index in [9.17, 15) is 0 Å². The van der Waals surface area contributed by atoms with E-state index in [0.717, 1.165) is 59.3 Å². The average Bonchev–Trinajstić information content (AvgIpc) is 3.48. The Morgan fingerprint density at radius 1 is 1.03 bits per heavy atom.